The predicted octanol–water partition coefficient (Wildman–Crippen LogP) is 5.77. The lowest BCUT2D eigenvalue weighted by Gasteiger charge is -2.06. The van der Waals surface area contributed by atoms with Gasteiger partial charge in [-0.2, -0.15) is 0 Å². The summed E-state index contributed by atoms with van der Waals surface area (Å²) in [6.45, 7) is 6.35. The molecule has 3 nitrogen and oxygen atoms in total. The maximum Gasteiger partial charge on any atom is 0.235 e. The molecule has 3 heterocycles. The van der Waals surface area contributed by atoms with Gasteiger partial charge < -0.3 is 0 Å². The number of aromatic nitrogens is 3. The van der Waals surface area contributed by atoms with Crippen LogP contribution in [0.25, 0.3) is 27.6 Å². The third-order valence-electron chi connectivity index (χ3n) is 4.50. The Hall–Kier alpha value is -2.11. The zero-order chi connectivity index (χ0) is 17.6. The van der Waals surface area contributed by atoms with Crippen LogP contribution >= 0.6 is 23.1 Å². The summed E-state index contributed by atoms with van der Waals surface area (Å²) >= 11 is 3.53. The molecular formula is C20H19N3S2. The van der Waals surface area contributed by atoms with Crippen molar-refractivity contribution in [3.8, 4) is 21.8 Å². The van der Waals surface area contributed by atoms with E-state index in [0.29, 0.717) is 0 Å². The summed E-state index contributed by atoms with van der Waals surface area (Å²) < 4.78 is 2.11. The Kier molecular flexibility index (Phi) is 4.13. The molecular weight excluding hydrogens is 346 g/mol. The van der Waals surface area contributed by atoms with E-state index in [4.69, 9.17) is 4.98 Å². The van der Waals surface area contributed by atoms with E-state index in [1.165, 1.54) is 20.9 Å². The molecule has 0 saturated heterocycles. The van der Waals surface area contributed by atoms with Crippen molar-refractivity contribution in [2.75, 3.05) is 6.26 Å². The number of rotatable bonds is 3. The van der Waals surface area contributed by atoms with Crippen molar-refractivity contribution in [2.45, 2.75) is 25.7 Å². The van der Waals surface area contributed by atoms with Crippen LogP contribution in [0.3, 0.4) is 0 Å². The van der Waals surface area contributed by atoms with Gasteiger partial charge in [-0.1, -0.05) is 12.1 Å². The van der Waals surface area contributed by atoms with Crippen molar-refractivity contribution in [3.05, 3.63) is 58.7 Å². The Morgan fingerprint density at radius 1 is 1.00 bits per heavy atom. The molecule has 0 aliphatic carbocycles. The molecule has 0 aliphatic rings. The molecule has 4 rings (SSSR count). The van der Waals surface area contributed by atoms with Crippen LogP contribution in [0.4, 0.5) is 0 Å². The number of nitrogens with zero attached hydrogens (tertiary/aromatic N) is 3. The quantitative estimate of drug-likeness (QED) is 0.432. The Morgan fingerprint density at radius 3 is 2.40 bits per heavy atom. The number of thioether (sulfide) groups is 1. The second-order valence-corrected chi connectivity index (χ2v) is 7.91. The van der Waals surface area contributed by atoms with Gasteiger partial charge in [0.2, 0.25) is 5.78 Å². The summed E-state index contributed by atoms with van der Waals surface area (Å²) in [4.78, 5) is 12.0. The second-order valence-electron chi connectivity index (χ2n) is 6.15. The Bertz CT molecular complexity index is 1060. The summed E-state index contributed by atoms with van der Waals surface area (Å²) in [5.74, 6) is 0.754. The van der Waals surface area contributed by atoms with E-state index in [1.54, 1.807) is 23.1 Å². The average Bonchev–Trinajstić information content (AvgIpc) is 3.15. The van der Waals surface area contributed by atoms with Crippen LogP contribution in [-0.4, -0.2) is 20.6 Å². The molecule has 0 N–H and O–H groups in total. The number of hydrogen-bond donors (Lipinski definition) is 0. The van der Waals surface area contributed by atoms with Gasteiger partial charge in [0, 0.05) is 22.3 Å². The zero-order valence-corrected chi connectivity index (χ0v) is 16.3. The molecule has 1 aromatic carbocycles. The minimum atomic E-state index is 0.754. The SMILES string of the molecule is CSc1ccc(-c2nc3nc(C)ccn3c2-c2scc(C)c2C)cc1. The van der Waals surface area contributed by atoms with Crippen LogP contribution in [0.1, 0.15) is 16.8 Å². The van der Waals surface area contributed by atoms with E-state index in [-0.39, 0.29) is 0 Å². The van der Waals surface area contributed by atoms with E-state index >= 15 is 0 Å². The number of imidazole rings is 1. The molecule has 4 aromatic rings. The van der Waals surface area contributed by atoms with Crippen molar-refractivity contribution in [1.82, 2.24) is 14.4 Å². The van der Waals surface area contributed by atoms with E-state index in [9.17, 15) is 0 Å². The number of benzene rings is 1. The monoisotopic (exact) mass is 365 g/mol. The van der Waals surface area contributed by atoms with E-state index in [1.807, 2.05) is 13.0 Å². The first-order chi connectivity index (χ1) is 12.1. The second kappa shape index (κ2) is 6.32. The smallest absolute Gasteiger partial charge is 0.235 e. The van der Waals surface area contributed by atoms with Gasteiger partial charge in [0.15, 0.2) is 0 Å². The van der Waals surface area contributed by atoms with Crippen molar-refractivity contribution in [2.24, 2.45) is 0 Å². The normalized spacial score (nSPS) is 11.4. The molecule has 5 heteroatoms. The lowest BCUT2D eigenvalue weighted by atomic mass is 10.1. The van der Waals surface area contributed by atoms with Gasteiger partial charge in [0.25, 0.3) is 0 Å². The van der Waals surface area contributed by atoms with Crippen molar-refractivity contribution < 1.29 is 0 Å². The topological polar surface area (TPSA) is 30.2 Å². The highest BCUT2D eigenvalue weighted by Gasteiger charge is 2.20. The maximum absolute atomic E-state index is 4.88. The predicted molar refractivity (Wildman–Crippen MR) is 108 cm³/mol. The molecule has 0 aliphatic heterocycles. The third kappa shape index (κ3) is 2.77. The highest BCUT2D eigenvalue weighted by atomic mass is 32.2. The first kappa shape index (κ1) is 16.4. The molecule has 0 bridgehead atoms. The highest BCUT2D eigenvalue weighted by molar-refractivity contribution is 7.98. The van der Waals surface area contributed by atoms with Crippen molar-refractivity contribution in [1.29, 1.82) is 0 Å². The summed E-state index contributed by atoms with van der Waals surface area (Å²) in [6.07, 6.45) is 4.17. The number of aryl methyl sites for hydroxylation is 2. The first-order valence-corrected chi connectivity index (χ1v) is 10.2. The van der Waals surface area contributed by atoms with Crippen LogP contribution in [0.5, 0.6) is 0 Å². The largest absolute Gasteiger partial charge is 0.282 e. The van der Waals surface area contributed by atoms with Crippen molar-refractivity contribution in [3.63, 3.8) is 0 Å². The standard InChI is InChI=1S/C20H19N3S2/c1-12-11-25-19(14(12)3)18-17(15-5-7-16(24-4)8-6-15)22-20-21-13(2)9-10-23(18)20/h5-11H,1-4H3. The lowest BCUT2D eigenvalue weighted by Crippen LogP contribution is -1.92. The molecule has 126 valence electrons. The minimum absolute atomic E-state index is 0.754. The van der Waals surface area contributed by atoms with Gasteiger partial charge in [0.05, 0.1) is 16.3 Å². The summed E-state index contributed by atoms with van der Waals surface area (Å²) in [6, 6.07) is 10.6. The fraction of sp³-hybridized carbons (Fsp3) is 0.200. The van der Waals surface area contributed by atoms with Gasteiger partial charge in [-0.15, -0.1) is 23.1 Å². The van der Waals surface area contributed by atoms with Gasteiger partial charge in [0.1, 0.15) is 0 Å². The summed E-state index contributed by atoms with van der Waals surface area (Å²) in [5.41, 5.74) is 6.87. The Labute approximate surface area is 155 Å². The van der Waals surface area contributed by atoms with Crippen LogP contribution < -0.4 is 0 Å². The van der Waals surface area contributed by atoms with Crippen LogP contribution in [-0.2, 0) is 0 Å². The fourth-order valence-corrected chi connectivity index (χ4v) is 4.45. The lowest BCUT2D eigenvalue weighted by molar-refractivity contribution is 1.07. The zero-order valence-electron chi connectivity index (χ0n) is 14.7. The molecule has 0 fully saturated rings. The van der Waals surface area contributed by atoms with E-state index in [2.05, 4.69) is 65.3 Å². The molecule has 0 unspecified atom stereocenters. The molecule has 0 saturated carbocycles. The highest BCUT2D eigenvalue weighted by Crippen LogP contribution is 2.39. The number of hydrogen-bond acceptors (Lipinski definition) is 4. The van der Waals surface area contributed by atoms with E-state index < -0.39 is 0 Å². The maximum atomic E-state index is 4.88. The van der Waals surface area contributed by atoms with E-state index in [0.717, 1.165) is 28.4 Å². The first-order valence-electron chi connectivity index (χ1n) is 8.13. The van der Waals surface area contributed by atoms with Gasteiger partial charge >= 0.3 is 0 Å². The molecule has 0 amide bonds. The minimum Gasteiger partial charge on any atom is -0.282 e. The van der Waals surface area contributed by atoms with Crippen LogP contribution in [0.2, 0.25) is 0 Å². The van der Waals surface area contributed by atoms with Gasteiger partial charge in [-0.3, -0.25) is 4.40 Å². The number of fused-ring (bicyclic) bond motifs is 1. The molecule has 0 spiro atoms. The van der Waals surface area contributed by atoms with Crippen LogP contribution in [0, 0.1) is 20.8 Å². The molecule has 0 atom stereocenters. The summed E-state index contributed by atoms with van der Waals surface area (Å²) in [5, 5.41) is 2.21. The van der Waals surface area contributed by atoms with Crippen LogP contribution in [0.15, 0.2) is 46.8 Å². The summed E-state index contributed by atoms with van der Waals surface area (Å²) in [7, 11) is 0. The fourth-order valence-electron chi connectivity index (χ4n) is 2.92. The Morgan fingerprint density at radius 2 is 1.76 bits per heavy atom. The Balaban J connectivity index is 2.02. The van der Waals surface area contributed by atoms with Gasteiger partial charge in [-0.25, -0.2) is 9.97 Å². The van der Waals surface area contributed by atoms with Crippen molar-refractivity contribution >= 4 is 28.9 Å². The molecule has 25 heavy (non-hydrogen) atoms. The third-order valence-corrected chi connectivity index (χ3v) is 6.45. The molecule has 0 radical (unpaired) electrons. The number of thiophene rings is 1. The van der Waals surface area contributed by atoms with Gasteiger partial charge in [-0.05, 0) is 61.7 Å². The average molecular weight is 366 g/mol. The molecule has 3 aromatic heterocycles.